The van der Waals surface area contributed by atoms with Gasteiger partial charge >= 0.3 is 0 Å². The van der Waals surface area contributed by atoms with Crippen LogP contribution < -0.4 is 26.2 Å². The highest BCUT2D eigenvalue weighted by Crippen LogP contribution is 2.58. The van der Waals surface area contributed by atoms with Crippen LogP contribution in [0.1, 0.15) is 79.0 Å². The van der Waals surface area contributed by atoms with Crippen LogP contribution in [0.5, 0.6) is 0 Å². The molecule has 0 atom stereocenters. The van der Waals surface area contributed by atoms with E-state index in [0.29, 0.717) is 0 Å². The van der Waals surface area contributed by atoms with E-state index in [1.54, 1.807) is 0 Å². The van der Waals surface area contributed by atoms with Crippen molar-refractivity contribution < 1.29 is 13.3 Å². The van der Waals surface area contributed by atoms with Crippen molar-refractivity contribution >= 4 is 155 Å². The molecule has 4 aromatic heterocycles. The largest absolute Gasteiger partial charge is 0.456 e. The average Bonchev–Trinajstić information content (AvgIpc) is 1.66. The number of thiophene rings is 1. The second kappa shape index (κ2) is 17.6. The van der Waals surface area contributed by atoms with Crippen molar-refractivity contribution in [3.8, 4) is 22.3 Å². The Balaban J connectivity index is 1.15. The zero-order chi connectivity index (χ0) is 57.6. The van der Waals surface area contributed by atoms with E-state index in [-0.39, 0.29) is 16.2 Å². The molecule has 17 rings (SSSR count). The van der Waals surface area contributed by atoms with Crippen LogP contribution >= 0.6 is 11.3 Å². The molecule has 0 fully saturated rings. The lowest BCUT2D eigenvalue weighted by atomic mass is 9.33. The Morgan fingerprint density at radius 1 is 0.341 bits per heavy atom. The number of furan rings is 3. The second-order valence-electron chi connectivity index (χ2n) is 26.7. The third-order valence-corrected chi connectivity index (χ3v) is 19.7. The molecule has 5 nitrogen and oxygen atoms in total. The van der Waals surface area contributed by atoms with E-state index in [2.05, 4.69) is 278 Å². The van der Waals surface area contributed by atoms with Crippen LogP contribution in [-0.2, 0) is 16.2 Å². The number of hydrogen-bond donors (Lipinski definition) is 0. The minimum atomic E-state index is -0.446. The Hall–Kier alpha value is -9.30. The number of nitrogens with zero attached hydrogens (tertiary/aromatic N) is 2. The van der Waals surface area contributed by atoms with Crippen molar-refractivity contribution in [1.29, 1.82) is 0 Å². The molecule has 2 aliphatic heterocycles. The zero-order valence-corrected chi connectivity index (χ0v) is 50.1. The van der Waals surface area contributed by atoms with Crippen molar-refractivity contribution in [2.45, 2.75) is 78.6 Å². The number of para-hydroxylation sites is 3. The Morgan fingerprint density at radius 3 is 1.24 bits per heavy atom. The van der Waals surface area contributed by atoms with Gasteiger partial charge in [0.25, 0.3) is 6.71 Å². The standard InChI is InChI=1S/C78H61BN2O3S/c1-76(2,3)46-36-38-55(53(40-46)44-24-12-10-13-25-44)80-57-42-48(78(7,8)9)43-58-67(57)79(68-70(80)74-64(50-29-17-22-34-61(50)84-74)63-49-28-16-20-32-59(49)82-72(63)68)69-71(81(58)56-39-37-47(77(4,5)6)41-54(56)45-26-14-11-15-27-45)75-66(52-31-19-23-35-62(52)85-75)65-51-30-18-21-33-60(51)83-73(65)69/h10-43H,1-9H3. The fraction of sp³-hybridized carbons (Fsp3) is 0.154. The molecule has 0 bridgehead atoms. The van der Waals surface area contributed by atoms with Crippen LogP contribution in [-0.4, -0.2) is 6.71 Å². The fourth-order valence-electron chi connectivity index (χ4n) is 14.3. The summed E-state index contributed by atoms with van der Waals surface area (Å²) in [4.78, 5) is 5.25. The number of hydrogen-bond acceptors (Lipinski definition) is 6. The van der Waals surface area contributed by atoms with Gasteiger partial charge < -0.3 is 23.1 Å². The Morgan fingerprint density at radius 2 is 0.741 bits per heavy atom. The molecule has 11 aromatic carbocycles. The summed E-state index contributed by atoms with van der Waals surface area (Å²) in [6.45, 7) is 20.5. The topological polar surface area (TPSA) is 45.9 Å². The normalized spacial score (nSPS) is 13.6. The molecule has 0 radical (unpaired) electrons. The predicted octanol–water partition coefficient (Wildman–Crippen LogP) is 21.1. The lowest BCUT2D eigenvalue weighted by molar-refractivity contribution is 0.590. The first-order chi connectivity index (χ1) is 41.1. The van der Waals surface area contributed by atoms with Crippen molar-refractivity contribution in [2.24, 2.45) is 0 Å². The van der Waals surface area contributed by atoms with Crippen LogP contribution in [0.15, 0.2) is 220 Å². The number of anilines is 6. The summed E-state index contributed by atoms with van der Waals surface area (Å²) in [5.41, 5.74) is 22.5. The molecular weight excluding hydrogens is 1060 g/mol. The van der Waals surface area contributed by atoms with E-state index in [1.165, 1.54) is 42.3 Å². The van der Waals surface area contributed by atoms with Crippen LogP contribution in [0.3, 0.4) is 0 Å². The number of benzene rings is 11. The molecule has 0 saturated carbocycles. The smallest absolute Gasteiger partial charge is 0.262 e. The number of rotatable bonds is 4. The maximum atomic E-state index is 7.69. The van der Waals surface area contributed by atoms with Gasteiger partial charge in [-0.3, -0.25) is 0 Å². The van der Waals surface area contributed by atoms with E-state index in [1.807, 2.05) is 11.3 Å². The van der Waals surface area contributed by atoms with E-state index < -0.39 is 6.71 Å². The summed E-state index contributed by atoms with van der Waals surface area (Å²) in [5, 5.41) is 8.84. The van der Waals surface area contributed by atoms with Gasteiger partial charge in [0.2, 0.25) is 0 Å². The van der Waals surface area contributed by atoms with Gasteiger partial charge in [0.05, 0.1) is 27.4 Å². The minimum absolute atomic E-state index is 0.124. The number of fused-ring (bicyclic) bond motifs is 22. The van der Waals surface area contributed by atoms with Crippen LogP contribution in [0.4, 0.5) is 34.1 Å². The van der Waals surface area contributed by atoms with Gasteiger partial charge in [-0.2, -0.15) is 0 Å². The highest BCUT2D eigenvalue weighted by atomic mass is 32.1. The first-order valence-corrected chi connectivity index (χ1v) is 30.7. The molecule has 6 heterocycles. The highest BCUT2D eigenvalue weighted by molar-refractivity contribution is 7.27. The van der Waals surface area contributed by atoms with E-state index in [9.17, 15) is 0 Å². The van der Waals surface area contributed by atoms with E-state index >= 15 is 0 Å². The van der Waals surface area contributed by atoms with Crippen molar-refractivity contribution in [3.05, 3.63) is 223 Å². The maximum Gasteiger partial charge on any atom is 0.262 e. The van der Waals surface area contributed by atoms with E-state index in [4.69, 9.17) is 13.3 Å². The molecule has 0 unspecified atom stereocenters. The fourth-order valence-corrected chi connectivity index (χ4v) is 15.6. The lowest BCUT2D eigenvalue weighted by Crippen LogP contribution is -2.62. The molecule has 0 aliphatic carbocycles. The summed E-state index contributed by atoms with van der Waals surface area (Å²) < 4.78 is 25.4. The molecule has 0 saturated heterocycles. The van der Waals surface area contributed by atoms with Crippen molar-refractivity contribution in [1.82, 2.24) is 0 Å². The molecule has 0 spiro atoms. The third-order valence-electron chi connectivity index (χ3n) is 18.5. The Labute approximate surface area is 498 Å². The molecule has 85 heavy (non-hydrogen) atoms. The van der Waals surface area contributed by atoms with Gasteiger partial charge in [-0.15, -0.1) is 11.3 Å². The van der Waals surface area contributed by atoms with Crippen molar-refractivity contribution in [3.63, 3.8) is 0 Å². The summed E-state index contributed by atoms with van der Waals surface area (Å²) >= 11 is 1.89. The summed E-state index contributed by atoms with van der Waals surface area (Å²) in [6, 6.07) is 76.3. The Bertz CT molecular complexity index is 5010. The molecular formula is C78H61BN2O3S. The molecule has 2 aliphatic rings. The third kappa shape index (κ3) is 7.17. The van der Waals surface area contributed by atoms with Gasteiger partial charge in [0, 0.05) is 75.8 Å². The quantitative estimate of drug-likeness (QED) is 0.164. The first kappa shape index (κ1) is 50.2. The monoisotopic (exact) mass is 1120 g/mol. The SMILES string of the molecule is CC(C)(C)c1ccc(N2c3cc(C(C)(C)C)cc4c3B(c3c2c2oc5ccccc5c2c2c3oc3ccccc32)c2c(c3sc5ccccc5c3c3c2oc2ccccc23)N4c2ccc(C(C)(C)C)cc2-c2ccccc2)c(-c2ccccc2)c1. The van der Waals surface area contributed by atoms with Gasteiger partial charge in [0.15, 0.2) is 5.58 Å². The van der Waals surface area contributed by atoms with Gasteiger partial charge in [-0.25, -0.2) is 0 Å². The molecule has 0 N–H and O–H groups in total. The van der Waals surface area contributed by atoms with Crippen molar-refractivity contribution in [2.75, 3.05) is 9.80 Å². The Kier molecular flexibility index (Phi) is 10.4. The van der Waals surface area contributed by atoms with Gasteiger partial charge in [0.1, 0.15) is 27.9 Å². The minimum Gasteiger partial charge on any atom is -0.456 e. The van der Waals surface area contributed by atoms with Crippen LogP contribution in [0.25, 0.3) is 108 Å². The lowest BCUT2D eigenvalue weighted by Gasteiger charge is -2.45. The van der Waals surface area contributed by atoms with Crippen LogP contribution in [0.2, 0.25) is 0 Å². The summed E-state index contributed by atoms with van der Waals surface area (Å²) in [5.74, 6) is 0. The van der Waals surface area contributed by atoms with Gasteiger partial charge in [-0.1, -0.05) is 208 Å². The first-order valence-electron chi connectivity index (χ1n) is 29.9. The molecule has 0 amide bonds. The maximum absolute atomic E-state index is 7.69. The zero-order valence-electron chi connectivity index (χ0n) is 49.2. The van der Waals surface area contributed by atoms with Crippen LogP contribution in [0, 0.1) is 0 Å². The predicted molar refractivity (Wildman–Crippen MR) is 362 cm³/mol. The second-order valence-corrected chi connectivity index (χ2v) is 27.8. The molecule has 7 heteroatoms. The van der Waals surface area contributed by atoms with E-state index in [0.717, 1.165) is 133 Å². The summed E-state index contributed by atoms with van der Waals surface area (Å²) in [6.07, 6.45) is 0. The molecule has 15 aromatic rings. The highest BCUT2D eigenvalue weighted by Gasteiger charge is 2.51. The molecule has 410 valence electrons. The van der Waals surface area contributed by atoms with Gasteiger partial charge in [-0.05, 0) is 116 Å². The summed E-state index contributed by atoms with van der Waals surface area (Å²) in [7, 11) is 0. The average molecular weight is 1120 g/mol.